The SMILES string of the molecule is CCCCCCCCCCC(O)n1c(C)cc2ccccc21. The van der Waals surface area contributed by atoms with Gasteiger partial charge in [0.1, 0.15) is 6.23 Å². The molecule has 122 valence electrons. The number of fused-ring (bicyclic) bond motifs is 1. The second-order valence-electron chi connectivity index (χ2n) is 6.46. The zero-order valence-corrected chi connectivity index (χ0v) is 14.2. The predicted octanol–water partition coefficient (Wildman–Crippen LogP) is 5.97. The Morgan fingerprint density at radius 3 is 2.32 bits per heavy atom. The number of benzene rings is 1. The van der Waals surface area contributed by atoms with Gasteiger partial charge in [0.15, 0.2) is 0 Å². The smallest absolute Gasteiger partial charge is 0.130 e. The molecule has 0 aliphatic heterocycles. The Hall–Kier alpha value is -1.28. The van der Waals surface area contributed by atoms with Gasteiger partial charge >= 0.3 is 0 Å². The van der Waals surface area contributed by atoms with Crippen LogP contribution >= 0.6 is 0 Å². The van der Waals surface area contributed by atoms with Gasteiger partial charge < -0.3 is 9.67 Å². The summed E-state index contributed by atoms with van der Waals surface area (Å²) in [5, 5.41) is 11.7. The Balaban J connectivity index is 1.75. The summed E-state index contributed by atoms with van der Waals surface area (Å²) in [5.41, 5.74) is 2.29. The van der Waals surface area contributed by atoms with Crippen LogP contribution in [0.3, 0.4) is 0 Å². The lowest BCUT2D eigenvalue weighted by Gasteiger charge is -2.16. The number of aliphatic hydroxyl groups is 1. The Bertz CT molecular complexity index is 558. The molecule has 0 bridgehead atoms. The van der Waals surface area contributed by atoms with Crippen molar-refractivity contribution in [2.75, 3.05) is 0 Å². The lowest BCUT2D eigenvalue weighted by Crippen LogP contribution is -2.09. The van der Waals surface area contributed by atoms with E-state index in [1.54, 1.807) is 0 Å². The molecule has 2 heteroatoms. The van der Waals surface area contributed by atoms with Gasteiger partial charge in [0.25, 0.3) is 0 Å². The predicted molar refractivity (Wildman–Crippen MR) is 95.2 cm³/mol. The lowest BCUT2D eigenvalue weighted by atomic mass is 10.1. The van der Waals surface area contributed by atoms with Crippen molar-refractivity contribution in [2.45, 2.75) is 77.9 Å². The number of para-hydroxylation sites is 1. The molecule has 0 saturated heterocycles. The number of hydrogen-bond acceptors (Lipinski definition) is 1. The van der Waals surface area contributed by atoms with Crippen LogP contribution in [0.4, 0.5) is 0 Å². The number of aliphatic hydroxyl groups excluding tert-OH is 1. The maximum Gasteiger partial charge on any atom is 0.130 e. The third kappa shape index (κ3) is 4.61. The van der Waals surface area contributed by atoms with Gasteiger partial charge in [-0.05, 0) is 37.3 Å². The van der Waals surface area contributed by atoms with E-state index < -0.39 is 0 Å². The van der Waals surface area contributed by atoms with Gasteiger partial charge in [0, 0.05) is 5.69 Å². The van der Waals surface area contributed by atoms with Gasteiger partial charge in [0.2, 0.25) is 0 Å². The third-order valence-corrected chi connectivity index (χ3v) is 4.55. The van der Waals surface area contributed by atoms with E-state index in [0.29, 0.717) is 0 Å². The van der Waals surface area contributed by atoms with Crippen molar-refractivity contribution >= 4 is 10.9 Å². The third-order valence-electron chi connectivity index (χ3n) is 4.55. The molecule has 0 amide bonds. The molecule has 0 saturated carbocycles. The second-order valence-corrected chi connectivity index (χ2v) is 6.46. The Kier molecular flexibility index (Phi) is 6.98. The fraction of sp³-hybridized carbons (Fsp3) is 0.600. The molecule has 1 unspecified atom stereocenters. The lowest BCUT2D eigenvalue weighted by molar-refractivity contribution is 0.0940. The van der Waals surface area contributed by atoms with Crippen molar-refractivity contribution in [2.24, 2.45) is 0 Å². The molecule has 0 radical (unpaired) electrons. The first kappa shape index (κ1) is 17.1. The van der Waals surface area contributed by atoms with Gasteiger partial charge in [-0.25, -0.2) is 0 Å². The number of rotatable bonds is 10. The van der Waals surface area contributed by atoms with Crippen LogP contribution < -0.4 is 0 Å². The summed E-state index contributed by atoms with van der Waals surface area (Å²) in [5.74, 6) is 0. The minimum absolute atomic E-state index is 0.389. The second kappa shape index (κ2) is 8.99. The summed E-state index contributed by atoms with van der Waals surface area (Å²) in [6, 6.07) is 10.5. The Labute approximate surface area is 135 Å². The normalized spacial score (nSPS) is 12.9. The molecule has 1 aromatic heterocycles. The molecule has 0 aliphatic rings. The fourth-order valence-electron chi connectivity index (χ4n) is 3.30. The van der Waals surface area contributed by atoms with E-state index in [0.717, 1.165) is 24.1 Å². The molecule has 0 aliphatic carbocycles. The van der Waals surface area contributed by atoms with Crippen LogP contribution in [-0.4, -0.2) is 9.67 Å². The van der Waals surface area contributed by atoms with Crippen LogP contribution in [0.5, 0.6) is 0 Å². The summed E-state index contributed by atoms with van der Waals surface area (Å²) in [4.78, 5) is 0. The molecule has 1 atom stereocenters. The maximum atomic E-state index is 10.5. The highest BCUT2D eigenvalue weighted by Gasteiger charge is 2.12. The largest absolute Gasteiger partial charge is 0.373 e. The number of nitrogens with zero attached hydrogens (tertiary/aromatic N) is 1. The molecule has 2 rings (SSSR count). The Morgan fingerprint density at radius 2 is 1.59 bits per heavy atom. The summed E-state index contributed by atoms with van der Waals surface area (Å²) in [7, 11) is 0. The number of hydrogen-bond donors (Lipinski definition) is 1. The average molecular weight is 301 g/mol. The minimum Gasteiger partial charge on any atom is -0.373 e. The standard InChI is InChI=1S/C20H31NO/c1-3-4-5-6-7-8-9-10-15-20(22)21-17(2)16-18-13-11-12-14-19(18)21/h11-14,16,20,22H,3-10,15H2,1-2H3. The highest BCUT2D eigenvalue weighted by atomic mass is 16.3. The zero-order valence-electron chi connectivity index (χ0n) is 14.2. The highest BCUT2D eigenvalue weighted by molar-refractivity contribution is 5.81. The first-order valence-electron chi connectivity index (χ1n) is 8.98. The highest BCUT2D eigenvalue weighted by Crippen LogP contribution is 2.25. The number of aryl methyl sites for hydroxylation is 1. The van der Waals surface area contributed by atoms with Crippen molar-refractivity contribution in [1.29, 1.82) is 0 Å². The van der Waals surface area contributed by atoms with E-state index >= 15 is 0 Å². The zero-order chi connectivity index (χ0) is 15.8. The van der Waals surface area contributed by atoms with E-state index in [-0.39, 0.29) is 6.23 Å². The van der Waals surface area contributed by atoms with Gasteiger partial charge in [-0.1, -0.05) is 70.1 Å². The molecule has 1 N–H and O–H groups in total. The molecule has 1 heterocycles. The van der Waals surface area contributed by atoms with Crippen molar-refractivity contribution in [1.82, 2.24) is 4.57 Å². The number of unbranched alkanes of at least 4 members (excludes halogenated alkanes) is 7. The van der Waals surface area contributed by atoms with Crippen molar-refractivity contribution < 1.29 is 5.11 Å². The van der Waals surface area contributed by atoms with Crippen LogP contribution in [0, 0.1) is 6.92 Å². The van der Waals surface area contributed by atoms with E-state index in [4.69, 9.17) is 0 Å². The van der Waals surface area contributed by atoms with Crippen LogP contribution in [0.15, 0.2) is 30.3 Å². The average Bonchev–Trinajstić information content (AvgIpc) is 2.85. The minimum atomic E-state index is -0.389. The molecule has 1 aromatic carbocycles. The summed E-state index contributed by atoms with van der Waals surface area (Å²) in [6.07, 6.45) is 10.9. The molecule has 0 spiro atoms. The van der Waals surface area contributed by atoms with E-state index in [1.165, 1.54) is 50.3 Å². The fourth-order valence-corrected chi connectivity index (χ4v) is 3.30. The quantitative estimate of drug-likeness (QED) is 0.537. The van der Waals surface area contributed by atoms with Gasteiger partial charge in [-0.3, -0.25) is 0 Å². The first-order chi connectivity index (χ1) is 10.7. The maximum absolute atomic E-state index is 10.5. The van der Waals surface area contributed by atoms with Gasteiger partial charge in [0.05, 0.1) is 5.52 Å². The first-order valence-corrected chi connectivity index (χ1v) is 8.98. The number of aromatic nitrogens is 1. The van der Waals surface area contributed by atoms with Crippen LogP contribution in [0.1, 0.15) is 76.6 Å². The van der Waals surface area contributed by atoms with Crippen molar-refractivity contribution in [3.05, 3.63) is 36.0 Å². The topological polar surface area (TPSA) is 25.2 Å². The summed E-state index contributed by atoms with van der Waals surface area (Å²) >= 11 is 0. The van der Waals surface area contributed by atoms with Gasteiger partial charge in [-0.15, -0.1) is 0 Å². The van der Waals surface area contributed by atoms with E-state index in [1.807, 2.05) is 6.07 Å². The molecular weight excluding hydrogens is 270 g/mol. The molecule has 22 heavy (non-hydrogen) atoms. The van der Waals surface area contributed by atoms with Crippen molar-refractivity contribution in [3.63, 3.8) is 0 Å². The van der Waals surface area contributed by atoms with Crippen LogP contribution in [0.2, 0.25) is 0 Å². The molecule has 0 fully saturated rings. The van der Waals surface area contributed by atoms with E-state index in [2.05, 4.69) is 42.7 Å². The summed E-state index contributed by atoms with van der Waals surface area (Å²) < 4.78 is 2.08. The monoisotopic (exact) mass is 301 g/mol. The Morgan fingerprint density at radius 1 is 0.955 bits per heavy atom. The molecule has 2 aromatic rings. The molecule has 2 nitrogen and oxygen atoms in total. The van der Waals surface area contributed by atoms with E-state index in [9.17, 15) is 5.11 Å². The summed E-state index contributed by atoms with van der Waals surface area (Å²) in [6.45, 7) is 4.34. The molecular formula is C20H31NO. The van der Waals surface area contributed by atoms with Crippen molar-refractivity contribution in [3.8, 4) is 0 Å². The van der Waals surface area contributed by atoms with Gasteiger partial charge in [-0.2, -0.15) is 0 Å². The van der Waals surface area contributed by atoms with Crippen LogP contribution in [0.25, 0.3) is 10.9 Å². The van der Waals surface area contributed by atoms with Crippen LogP contribution in [-0.2, 0) is 0 Å².